The van der Waals surface area contributed by atoms with Crippen LogP contribution in [0.4, 0.5) is 4.79 Å². The van der Waals surface area contributed by atoms with Crippen LogP contribution in [-0.2, 0) is 14.3 Å². The highest BCUT2D eigenvalue weighted by atomic mass is 16.5. The molecule has 2 aromatic rings. The highest BCUT2D eigenvalue weighted by Crippen LogP contribution is 2.44. The number of benzene rings is 2. The predicted octanol–water partition coefficient (Wildman–Crippen LogP) is 3.14. The minimum atomic E-state index is -1.12. The van der Waals surface area contributed by atoms with Gasteiger partial charge in [-0.3, -0.25) is 4.79 Å². The van der Waals surface area contributed by atoms with Crippen LogP contribution in [0.1, 0.15) is 37.8 Å². The van der Waals surface area contributed by atoms with E-state index in [4.69, 9.17) is 4.74 Å². The van der Waals surface area contributed by atoms with Crippen molar-refractivity contribution in [3.63, 3.8) is 0 Å². The Bertz CT molecular complexity index is 911. The number of carboxylic acids is 1. The van der Waals surface area contributed by atoms with Crippen molar-refractivity contribution in [2.24, 2.45) is 5.92 Å². The van der Waals surface area contributed by atoms with E-state index >= 15 is 0 Å². The SMILES string of the molecule is CC(C)[C@@H](NC(=O)[C@@H](C)NC(=O)OCC1c2ccccc2-c2ccccc21)C(=O)O. The number of fused-ring (bicyclic) bond motifs is 3. The van der Waals surface area contributed by atoms with Gasteiger partial charge in [0, 0.05) is 5.92 Å². The van der Waals surface area contributed by atoms with Crippen LogP contribution in [0, 0.1) is 5.92 Å². The van der Waals surface area contributed by atoms with Gasteiger partial charge in [0.05, 0.1) is 0 Å². The molecule has 0 heterocycles. The summed E-state index contributed by atoms with van der Waals surface area (Å²) in [4.78, 5) is 35.7. The van der Waals surface area contributed by atoms with Gasteiger partial charge in [0.1, 0.15) is 18.7 Å². The molecule has 0 aliphatic heterocycles. The molecule has 7 heteroatoms. The number of carboxylic acid groups (broad SMARTS) is 1. The van der Waals surface area contributed by atoms with E-state index < -0.39 is 30.1 Å². The fraction of sp³-hybridized carbons (Fsp3) is 0.348. The Morgan fingerprint density at radius 1 is 0.933 bits per heavy atom. The molecule has 3 rings (SSSR count). The second-order valence-corrected chi connectivity index (χ2v) is 7.76. The summed E-state index contributed by atoms with van der Waals surface area (Å²) in [7, 11) is 0. The molecule has 0 saturated heterocycles. The summed E-state index contributed by atoms with van der Waals surface area (Å²) < 4.78 is 5.41. The van der Waals surface area contributed by atoms with Crippen LogP contribution in [0.15, 0.2) is 48.5 Å². The lowest BCUT2D eigenvalue weighted by Gasteiger charge is -2.21. The lowest BCUT2D eigenvalue weighted by Crippen LogP contribution is -2.52. The average Bonchev–Trinajstić information content (AvgIpc) is 3.03. The van der Waals surface area contributed by atoms with Crippen LogP contribution in [0.5, 0.6) is 0 Å². The molecule has 0 radical (unpaired) electrons. The summed E-state index contributed by atoms with van der Waals surface area (Å²) in [5.74, 6) is -2.06. The van der Waals surface area contributed by atoms with E-state index in [1.54, 1.807) is 13.8 Å². The number of amides is 2. The van der Waals surface area contributed by atoms with Crippen molar-refractivity contribution < 1.29 is 24.2 Å². The molecule has 0 aromatic heterocycles. The third-order valence-corrected chi connectivity index (χ3v) is 5.30. The first-order valence-corrected chi connectivity index (χ1v) is 9.94. The Labute approximate surface area is 175 Å². The van der Waals surface area contributed by atoms with E-state index in [1.165, 1.54) is 6.92 Å². The van der Waals surface area contributed by atoms with Gasteiger partial charge >= 0.3 is 12.1 Å². The van der Waals surface area contributed by atoms with E-state index in [1.807, 2.05) is 48.5 Å². The highest BCUT2D eigenvalue weighted by Gasteiger charge is 2.30. The molecule has 0 spiro atoms. The van der Waals surface area contributed by atoms with Crippen molar-refractivity contribution in [1.82, 2.24) is 10.6 Å². The number of carbonyl (C=O) groups excluding carboxylic acids is 2. The Kier molecular flexibility index (Phi) is 6.40. The molecule has 0 saturated carbocycles. The minimum absolute atomic E-state index is 0.0791. The van der Waals surface area contributed by atoms with Crippen LogP contribution in [0.25, 0.3) is 11.1 Å². The monoisotopic (exact) mass is 410 g/mol. The standard InChI is InChI=1S/C23H26N2O5/c1-13(2)20(22(27)28)25-21(26)14(3)24-23(29)30-12-19-17-10-6-4-8-15(17)16-9-5-7-11-18(16)19/h4-11,13-14,19-20H,12H2,1-3H3,(H,24,29)(H,25,26)(H,27,28)/t14-,20-/m1/s1. The lowest BCUT2D eigenvalue weighted by molar-refractivity contribution is -0.143. The molecule has 158 valence electrons. The fourth-order valence-corrected chi connectivity index (χ4v) is 3.67. The lowest BCUT2D eigenvalue weighted by atomic mass is 9.98. The molecule has 0 unspecified atom stereocenters. The molecule has 2 amide bonds. The third-order valence-electron chi connectivity index (χ3n) is 5.30. The summed E-state index contributed by atoms with van der Waals surface area (Å²) >= 11 is 0. The zero-order valence-corrected chi connectivity index (χ0v) is 17.2. The van der Waals surface area contributed by atoms with Gasteiger partial charge in [-0.25, -0.2) is 9.59 Å². The molecular formula is C23H26N2O5. The molecule has 7 nitrogen and oxygen atoms in total. The number of alkyl carbamates (subject to hydrolysis) is 1. The largest absolute Gasteiger partial charge is 0.480 e. The molecule has 30 heavy (non-hydrogen) atoms. The maximum atomic E-state index is 12.3. The summed E-state index contributed by atoms with van der Waals surface area (Å²) in [5, 5.41) is 14.1. The van der Waals surface area contributed by atoms with Crippen molar-refractivity contribution in [3.05, 3.63) is 59.7 Å². The molecule has 2 aromatic carbocycles. The van der Waals surface area contributed by atoms with Gasteiger partial charge < -0.3 is 20.5 Å². The van der Waals surface area contributed by atoms with Gasteiger partial charge in [0.25, 0.3) is 0 Å². The first-order chi connectivity index (χ1) is 14.3. The molecule has 2 atom stereocenters. The summed E-state index contributed by atoms with van der Waals surface area (Å²) in [6.45, 7) is 5.01. The number of rotatable bonds is 7. The number of hydrogen-bond acceptors (Lipinski definition) is 4. The van der Waals surface area contributed by atoms with Gasteiger partial charge in [-0.1, -0.05) is 62.4 Å². The minimum Gasteiger partial charge on any atom is -0.480 e. The molecule has 0 fully saturated rings. The van der Waals surface area contributed by atoms with Gasteiger partial charge in [0.2, 0.25) is 5.91 Å². The van der Waals surface area contributed by atoms with E-state index in [9.17, 15) is 19.5 Å². The molecule has 1 aliphatic carbocycles. The van der Waals surface area contributed by atoms with Gasteiger partial charge in [-0.15, -0.1) is 0 Å². The van der Waals surface area contributed by atoms with E-state index in [2.05, 4.69) is 10.6 Å². The quantitative estimate of drug-likeness (QED) is 0.650. The Balaban J connectivity index is 1.60. The van der Waals surface area contributed by atoms with Gasteiger partial charge in [-0.2, -0.15) is 0 Å². The van der Waals surface area contributed by atoms with Crippen molar-refractivity contribution in [3.8, 4) is 11.1 Å². The summed E-state index contributed by atoms with van der Waals surface area (Å²) in [6.07, 6.45) is -0.726. The number of hydrogen-bond donors (Lipinski definition) is 3. The number of nitrogens with one attached hydrogen (secondary N) is 2. The van der Waals surface area contributed by atoms with E-state index in [-0.39, 0.29) is 18.4 Å². The molecular weight excluding hydrogens is 384 g/mol. The average molecular weight is 410 g/mol. The predicted molar refractivity (Wildman–Crippen MR) is 112 cm³/mol. The van der Waals surface area contributed by atoms with Crippen molar-refractivity contribution in [2.45, 2.75) is 38.8 Å². The van der Waals surface area contributed by atoms with Crippen LogP contribution < -0.4 is 10.6 Å². The summed E-state index contributed by atoms with van der Waals surface area (Å²) in [6, 6.07) is 14.1. The van der Waals surface area contributed by atoms with Crippen molar-refractivity contribution in [1.29, 1.82) is 0 Å². The second kappa shape index (κ2) is 8.98. The Morgan fingerprint density at radius 3 is 1.97 bits per heavy atom. The zero-order valence-electron chi connectivity index (χ0n) is 17.2. The Hall–Kier alpha value is -3.35. The number of carbonyl (C=O) groups is 3. The molecule has 3 N–H and O–H groups in total. The molecule has 0 bridgehead atoms. The number of aliphatic carboxylic acids is 1. The van der Waals surface area contributed by atoms with Crippen LogP contribution in [0.3, 0.4) is 0 Å². The maximum absolute atomic E-state index is 12.3. The second-order valence-electron chi connectivity index (χ2n) is 7.76. The molecule has 1 aliphatic rings. The first-order valence-electron chi connectivity index (χ1n) is 9.94. The topological polar surface area (TPSA) is 105 Å². The number of ether oxygens (including phenoxy) is 1. The van der Waals surface area contributed by atoms with E-state index in [0.717, 1.165) is 22.3 Å². The summed E-state index contributed by atoms with van der Waals surface area (Å²) in [5.41, 5.74) is 4.45. The third kappa shape index (κ3) is 4.45. The van der Waals surface area contributed by atoms with E-state index in [0.29, 0.717) is 0 Å². The smallest absolute Gasteiger partial charge is 0.407 e. The van der Waals surface area contributed by atoms with Crippen LogP contribution >= 0.6 is 0 Å². The Morgan fingerprint density at radius 2 is 1.47 bits per heavy atom. The normalized spacial score (nSPS) is 14.4. The van der Waals surface area contributed by atoms with Gasteiger partial charge in [-0.05, 0) is 35.1 Å². The fourth-order valence-electron chi connectivity index (χ4n) is 3.67. The van der Waals surface area contributed by atoms with Crippen molar-refractivity contribution in [2.75, 3.05) is 6.61 Å². The first kappa shape index (κ1) is 21.4. The zero-order chi connectivity index (χ0) is 21.8. The van der Waals surface area contributed by atoms with Crippen LogP contribution in [-0.4, -0.2) is 41.8 Å². The van der Waals surface area contributed by atoms with Gasteiger partial charge in [0.15, 0.2) is 0 Å². The highest BCUT2D eigenvalue weighted by molar-refractivity contribution is 5.89. The maximum Gasteiger partial charge on any atom is 0.407 e. The van der Waals surface area contributed by atoms with Crippen molar-refractivity contribution >= 4 is 18.0 Å². The van der Waals surface area contributed by atoms with Crippen LogP contribution in [0.2, 0.25) is 0 Å².